The standard InChI is InChI=1S/C19H33N3OS/c1-7-20-17(21-13-14-24(23)18(2,3)4)22-15-19(5,6)16-11-9-8-10-12-16/h8-12H,7,13-15H2,1-6H3,(H2,20,21,22). The van der Waals surface area contributed by atoms with Gasteiger partial charge in [-0.3, -0.25) is 9.20 Å². The number of benzene rings is 1. The van der Waals surface area contributed by atoms with Crippen molar-refractivity contribution in [2.45, 2.75) is 51.7 Å². The predicted molar refractivity (Wildman–Crippen MR) is 106 cm³/mol. The number of guanidine groups is 1. The van der Waals surface area contributed by atoms with Gasteiger partial charge in [0.2, 0.25) is 0 Å². The topological polar surface area (TPSA) is 53.5 Å². The molecule has 0 spiro atoms. The number of rotatable bonds is 7. The lowest BCUT2D eigenvalue weighted by atomic mass is 9.85. The molecule has 0 aliphatic carbocycles. The SMILES string of the molecule is CCNC(=NCC(C)(C)c1ccccc1)NCCS(=O)C(C)(C)C. The second kappa shape index (κ2) is 9.21. The Kier molecular flexibility index (Phi) is 7.94. The monoisotopic (exact) mass is 351 g/mol. The molecule has 0 radical (unpaired) electrons. The van der Waals surface area contributed by atoms with Crippen LogP contribution in [-0.2, 0) is 16.2 Å². The van der Waals surface area contributed by atoms with Crippen LogP contribution < -0.4 is 10.6 Å². The third kappa shape index (κ3) is 7.04. The lowest BCUT2D eigenvalue weighted by Crippen LogP contribution is -2.41. The Morgan fingerprint density at radius 3 is 2.25 bits per heavy atom. The fourth-order valence-electron chi connectivity index (χ4n) is 2.17. The minimum absolute atomic E-state index is 0.0299. The number of hydrogen-bond donors (Lipinski definition) is 2. The van der Waals surface area contributed by atoms with Gasteiger partial charge in [0, 0.05) is 39.8 Å². The first-order valence-electron chi connectivity index (χ1n) is 8.63. The summed E-state index contributed by atoms with van der Waals surface area (Å²) in [5, 5.41) is 6.55. The van der Waals surface area contributed by atoms with E-state index in [1.165, 1.54) is 5.56 Å². The summed E-state index contributed by atoms with van der Waals surface area (Å²) in [5.74, 6) is 1.41. The molecule has 0 aromatic heterocycles. The molecule has 24 heavy (non-hydrogen) atoms. The molecule has 0 heterocycles. The molecule has 1 aromatic rings. The van der Waals surface area contributed by atoms with Gasteiger partial charge in [-0.2, -0.15) is 0 Å². The van der Waals surface area contributed by atoms with Crippen LogP contribution in [0.25, 0.3) is 0 Å². The Hall–Kier alpha value is -1.36. The zero-order valence-corrected chi connectivity index (χ0v) is 16.8. The third-order valence-electron chi connectivity index (χ3n) is 3.79. The number of nitrogens with one attached hydrogen (secondary N) is 2. The van der Waals surface area contributed by atoms with E-state index in [0.29, 0.717) is 18.8 Å². The first kappa shape index (κ1) is 20.7. The molecule has 0 aliphatic rings. The highest BCUT2D eigenvalue weighted by Crippen LogP contribution is 2.22. The summed E-state index contributed by atoms with van der Waals surface area (Å²) in [6, 6.07) is 10.4. The fraction of sp³-hybridized carbons (Fsp3) is 0.632. The molecule has 136 valence electrons. The van der Waals surface area contributed by atoms with Crippen molar-refractivity contribution in [1.29, 1.82) is 0 Å². The molecule has 5 heteroatoms. The molecule has 2 N–H and O–H groups in total. The predicted octanol–water partition coefficient (Wildman–Crippen LogP) is 3.07. The molecule has 0 aliphatic heterocycles. The number of hydrogen-bond acceptors (Lipinski definition) is 2. The molecular weight excluding hydrogens is 318 g/mol. The van der Waals surface area contributed by atoms with Crippen LogP contribution in [0.4, 0.5) is 0 Å². The Balaban J connectivity index is 2.64. The molecule has 0 fully saturated rings. The highest BCUT2D eigenvalue weighted by atomic mass is 32.2. The van der Waals surface area contributed by atoms with E-state index in [0.717, 1.165) is 12.5 Å². The Bertz CT molecular complexity index is 547. The van der Waals surface area contributed by atoms with Gasteiger partial charge < -0.3 is 10.6 Å². The van der Waals surface area contributed by atoms with Crippen LogP contribution in [0.2, 0.25) is 0 Å². The minimum Gasteiger partial charge on any atom is -0.357 e. The third-order valence-corrected chi connectivity index (χ3v) is 5.74. The van der Waals surface area contributed by atoms with Crippen LogP contribution >= 0.6 is 0 Å². The van der Waals surface area contributed by atoms with Crippen LogP contribution in [0.1, 0.15) is 47.1 Å². The average Bonchev–Trinajstić information content (AvgIpc) is 2.52. The van der Waals surface area contributed by atoms with Gasteiger partial charge in [0.05, 0.1) is 6.54 Å². The quantitative estimate of drug-likeness (QED) is 0.586. The van der Waals surface area contributed by atoms with E-state index in [1.54, 1.807) is 0 Å². The lowest BCUT2D eigenvalue weighted by molar-refractivity contribution is 0.537. The fourth-order valence-corrected chi connectivity index (χ4v) is 3.07. The summed E-state index contributed by atoms with van der Waals surface area (Å²) >= 11 is 0. The Morgan fingerprint density at radius 2 is 1.71 bits per heavy atom. The molecule has 0 amide bonds. The second-order valence-corrected chi connectivity index (χ2v) is 9.86. The van der Waals surface area contributed by atoms with Crippen LogP contribution in [0.5, 0.6) is 0 Å². The summed E-state index contributed by atoms with van der Waals surface area (Å²) in [7, 11) is -0.854. The maximum absolute atomic E-state index is 12.1. The molecule has 0 bridgehead atoms. The first-order valence-corrected chi connectivity index (χ1v) is 9.95. The van der Waals surface area contributed by atoms with Crippen LogP contribution in [0.3, 0.4) is 0 Å². The van der Waals surface area contributed by atoms with Gasteiger partial charge in [-0.15, -0.1) is 0 Å². The van der Waals surface area contributed by atoms with Gasteiger partial charge in [0.25, 0.3) is 0 Å². The number of nitrogens with zero attached hydrogens (tertiary/aromatic N) is 1. The van der Waals surface area contributed by atoms with Gasteiger partial charge >= 0.3 is 0 Å². The van der Waals surface area contributed by atoms with Crippen molar-refractivity contribution in [3.63, 3.8) is 0 Å². The van der Waals surface area contributed by atoms with E-state index in [4.69, 9.17) is 4.99 Å². The molecule has 1 rings (SSSR count). The maximum Gasteiger partial charge on any atom is 0.191 e. The smallest absolute Gasteiger partial charge is 0.191 e. The largest absolute Gasteiger partial charge is 0.357 e. The van der Waals surface area contributed by atoms with Gasteiger partial charge in [-0.05, 0) is 33.3 Å². The van der Waals surface area contributed by atoms with Crippen molar-refractivity contribution in [3.05, 3.63) is 35.9 Å². The van der Waals surface area contributed by atoms with Crippen LogP contribution in [-0.4, -0.2) is 40.3 Å². The minimum atomic E-state index is -0.854. The second-order valence-electron chi connectivity index (χ2n) is 7.53. The van der Waals surface area contributed by atoms with E-state index in [2.05, 4.69) is 48.7 Å². The zero-order valence-electron chi connectivity index (χ0n) is 16.0. The molecule has 1 aromatic carbocycles. The van der Waals surface area contributed by atoms with Gasteiger partial charge in [0.1, 0.15) is 0 Å². The highest BCUT2D eigenvalue weighted by molar-refractivity contribution is 7.86. The van der Waals surface area contributed by atoms with E-state index in [9.17, 15) is 4.21 Å². The molecule has 0 saturated carbocycles. The highest BCUT2D eigenvalue weighted by Gasteiger charge is 2.21. The van der Waals surface area contributed by atoms with Crippen LogP contribution in [0.15, 0.2) is 35.3 Å². The Labute approximate surface area is 150 Å². The van der Waals surface area contributed by atoms with Crippen molar-refractivity contribution in [1.82, 2.24) is 10.6 Å². The molecule has 1 atom stereocenters. The Morgan fingerprint density at radius 1 is 1.08 bits per heavy atom. The molecular formula is C19H33N3OS. The summed E-state index contributed by atoms with van der Waals surface area (Å²) in [6.45, 7) is 14.6. The lowest BCUT2D eigenvalue weighted by Gasteiger charge is -2.24. The summed E-state index contributed by atoms with van der Waals surface area (Å²) in [4.78, 5) is 4.72. The van der Waals surface area contributed by atoms with Crippen molar-refractivity contribution in [3.8, 4) is 0 Å². The van der Waals surface area contributed by atoms with Crippen LogP contribution in [0, 0.1) is 0 Å². The van der Waals surface area contributed by atoms with Gasteiger partial charge in [0.15, 0.2) is 5.96 Å². The molecule has 4 nitrogen and oxygen atoms in total. The average molecular weight is 352 g/mol. The van der Waals surface area contributed by atoms with E-state index < -0.39 is 10.8 Å². The molecule has 1 unspecified atom stereocenters. The summed E-state index contributed by atoms with van der Waals surface area (Å²) < 4.78 is 11.9. The van der Waals surface area contributed by atoms with Gasteiger partial charge in [-0.1, -0.05) is 44.2 Å². The van der Waals surface area contributed by atoms with Crippen molar-refractivity contribution >= 4 is 16.8 Å². The summed E-state index contributed by atoms with van der Waals surface area (Å²) in [6.07, 6.45) is 0. The normalized spacial score (nSPS) is 14.3. The van der Waals surface area contributed by atoms with Gasteiger partial charge in [-0.25, -0.2) is 0 Å². The van der Waals surface area contributed by atoms with E-state index in [1.807, 2.05) is 33.8 Å². The number of aliphatic imine (C=N–C) groups is 1. The van der Waals surface area contributed by atoms with E-state index >= 15 is 0 Å². The zero-order chi connectivity index (χ0) is 18.2. The van der Waals surface area contributed by atoms with Crippen molar-refractivity contribution in [2.24, 2.45) is 4.99 Å². The summed E-state index contributed by atoms with van der Waals surface area (Å²) in [5.41, 5.74) is 1.25. The molecule has 0 saturated heterocycles. The first-order chi connectivity index (χ1) is 11.2. The van der Waals surface area contributed by atoms with Crippen molar-refractivity contribution < 1.29 is 4.21 Å². The maximum atomic E-state index is 12.1. The van der Waals surface area contributed by atoms with E-state index in [-0.39, 0.29) is 10.2 Å². The van der Waals surface area contributed by atoms with Crippen molar-refractivity contribution in [2.75, 3.05) is 25.4 Å².